The van der Waals surface area contributed by atoms with Crippen molar-refractivity contribution >= 4 is 11.5 Å². The molecular formula is C18H15FN4O3. The summed E-state index contributed by atoms with van der Waals surface area (Å²) in [5.41, 5.74) is 1.42. The molecule has 3 aromatic rings. The highest BCUT2D eigenvalue weighted by Crippen LogP contribution is 2.34. The molecule has 3 rings (SSSR count). The van der Waals surface area contributed by atoms with Crippen molar-refractivity contribution in [3.8, 4) is 11.6 Å². The highest BCUT2D eigenvalue weighted by molar-refractivity contribution is 5.61. The van der Waals surface area contributed by atoms with Crippen LogP contribution in [-0.4, -0.2) is 14.9 Å². The highest BCUT2D eigenvalue weighted by Gasteiger charge is 2.25. The molecule has 0 aliphatic rings. The van der Waals surface area contributed by atoms with Crippen LogP contribution in [-0.2, 0) is 6.54 Å². The van der Waals surface area contributed by atoms with Gasteiger partial charge in [0.2, 0.25) is 5.82 Å². The molecule has 0 bridgehead atoms. The van der Waals surface area contributed by atoms with E-state index in [1.807, 2.05) is 19.1 Å². The molecule has 2 aromatic carbocycles. The van der Waals surface area contributed by atoms with Gasteiger partial charge in [-0.15, -0.1) is 0 Å². The monoisotopic (exact) mass is 354 g/mol. The zero-order valence-corrected chi connectivity index (χ0v) is 13.8. The van der Waals surface area contributed by atoms with Crippen molar-refractivity contribution in [3.63, 3.8) is 0 Å². The van der Waals surface area contributed by atoms with Gasteiger partial charge in [0.15, 0.2) is 0 Å². The fraction of sp³-hybridized carbons (Fsp3) is 0.111. The number of aryl methyl sites for hydroxylation is 1. The van der Waals surface area contributed by atoms with Gasteiger partial charge in [-0.25, -0.2) is 9.37 Å². The number of nitrogens with one attached hydrogen (secondary N) is 1. The second-order valence-corrected chi connectivity index (χ2v) is 5.53. The van der Waals surface area contributed by atoms with E-state index in [2.05, 4.69) is 15.3 Å². The summed E-state index contributed by atoms with van der Waals surface area (Å²) >= 11 is 0. The Morgan fingerprint density at radius 3 is 2.46 bits per heavy atom. The fourth-order valence-electron chi connectivity index (χ4n) is 2.24. The van der Waals surface area contributed by atoms with Crippen LogP contribution in [0.4, 0.5) is 15.9 Å². The molecule has 26 heavy (non-hydrogen) atoms. The van der Waals surface area contributed by atoms with Crippen molar-refractivity contribution in [2.75, 3.05) is 5.32 Å². The lowest BCUT2D eigenvalue weighted by molar-refractivity contribution is -0.385. The Labute approximate surface area is 148 Å². The van der Waals surface area contributed by atoms with Gasteiger partial charge in [0.25, 0.3) is 0 Å². The topological polar surface area (TPSA) is 90.2 Å². The molecule has 0 fully saturated rings. The Morgan fingerprint density at radius 1 is 1.12 bits per heavy atom. The molecule has 0 spiro atoms. The van der Waals surface area contributed by atoms with Crippen molar-refractivity contribution < 1.29 is 14.1 Å². The standard InChI is InChI=1S/C18H15FN4O3/c1-12-2-8-15(9-3-12)26-18-16(23(24)25)17(21-11-22-18)20-10-13-4-6-14(19)7-5-13/h2-9,11H,10H2,1H3,(H,20,21,22). The van der Waals surface area contributed by atoms with E-state index in [0.717, 1.165) is 11.1 Å². The van der Waals surface area contributed by atoms with Gasteiger partial charge in [-0.2, -0.15) is 4.98 Å². The number of rotatable bonds is 6. The summed E-state index contributed by atoms with van der Waals surface area (Å²) in [7, 11) is 0. The number of halogens is 1. The van der Waals surface area contributed by atoms with E-state index >= 15 is 0 Å². The Morgan fingerprint density at radius 2 is 1.81 bits per heavy atom. The highest BCUT2D eigenvalue weighted by atomic mass is 19.1. The Hall–Kier alpha value is -3.55. The van der Waals surface area contributed by atoms with E-state index < -0.39 is 4.92 Å². The molecule has 8 heteroatoms. The van der Waals surface area contributed by atoms with Crippen molar-refractivity contribution in [3.05, 3.63) is 81.9 Å². The average Bonchev–Trinajstić information content (AvgIpc) is 2.63. The average molecular weight is 354 g/mol. The van der Waals surface area contributed by atoms with Gasteiger partial charge in [-0.05, 0) is 36.8 Å². The Bertz CT molecular complexity index is 915. The quantitative estimate of drug-likeness (QED) is 0.526. The summed E-state index contributed by atoms with van der Waals surface area (Å²) in [6.45, 7) is 2.16. The molecule has 7 nitrogen and oxygen atoms in total. The van der Waals surface area contributed by atoms with Crippen LogP contribution in [0.3, 0.4) is 0 Å². The minimum atomic E-state index is -0.601. The van der Waals surface area contributed by atoms with Gasteiger partial charge in [-0.3, -0.25) is 10.1 Å². The smallest absolute Gasteiger partial charge is 0.373 e. The largest absolute Gasteiger partial charge is 0.434 e. The van der Waals surface area contributed by atoms with Crippen LogP contribution in [0.5, 0.6) is 11.6 Å². The van der Waals surface area contributed by atoms with E-state index in [9.17, 15) is 14.5 Å². The van der Waals surface area contributed by atoms with Gasteiger partial charge < -0.3 is 10.1 Å². The predicted octanol–water partition coefficient (Wildman–Crippen LogP) is 4.24. The third kappa shape index (κ3) is 4.10. The van der Waals surface area contributed by atoms with E-state index in [-0.39, 0.29) is 29.7 Å². The molecule has 0 saturated heterocycles. The second kappa shape index (κ2) is 7.56. The molecule has 1 aromatic heterocycles. The molecule has 0 aliphatic carbocycles. The molecule has 0 atom stereocenters. The number of aromatic nitrogens is 2. The van der Waals surface area contributed by atoms with Crippen molar-refractivity contribution in [1.82, 2.24) is 9.97 Å². The minimum absolute atomic E-state index is 0.0245. The Balaban J connectivity index is 1.84. The number of hydrogen-bond acceptors (Lipinski definition) is 6. The van der Waals surface area contributed by atoms with E-state index in [1.165, 1.54) is 18.5 Å². The summed E-state index contributed by atoms with van der Waals surface area (Å²) < 4.78 is 18.5. The SMILES string of the molecule is Cc1ccc(Oc2ncnc(NCc3ccc(F)cc3)c2[N+](=O)[O-])cc1. The zero-order chi connectivity index (χ0) is 18.5. The van der Waals surface area contributed by atoms with Gasteiger partial charge in [0.05, 0.1) is 4.92 Å². The molecule has 0 radical (unpaired) electrons. The van der Waals surface area contributed by atoms with E-state index in [1.54, 1.807) is 24.3 Å². The zero-order valence-electron chi connectivity index (χ0n) is 13.8. The van der Waals surface area contributed by atoms with E-state index in [4.69, 9.17) is 4.74 Å². The van der Waals surface area contributed by atoms with Crippen LogP contribution in [0.1, 0.15) is 11.1 Å². The second-order valence-electron chi connectivity index (χ2n) is 5.53. The van der Waals surface area contributed by atoms with Crippen LogP contribution < -0.4 is 10.1 Å². The fourth-order valence-corrected chi connectivity index (χ4v) is 2.24. The maximum Gasteiger partial charge on any atom is 0.373 e. The normalized spacial score (nSPS) is 10.4. The van der Waals surface area contributed by atoms with Gasteiger partial charge >= 0.3 is 11.6 Å². The number of nitro groups is 1. The van der Waals surface area contributed by atoms with Crippen LogP contribution in [0, 0.1) is 22.9 Å². The first kappa shape index (κ1) is 17.3. The van der Waals surface area contributed by atoms with E-state index in [0.29, 0.717) is 5.75 Å². The predicted molar refractivity (Wildman–Crippen MR) is 93.7 cm³/mol. The van der Waals surface area contributed by atoms with Crippen LogP contribution in [0.2, 0.25) is 0 Å². The lowest BCUT2D eigenvalue weighted by atomic mass is 10.2. The summed E-state index contributed by atoms with van der Waals surface area (Å²) in [6.07, 6.45) is 1.18. The van der Waals surface area contributed by atoms with Gasteiger partial charge in [-0.1, -0.05) is 29.8 Å². The van der Waals surface area contributed by atoms with Crippen LogP contribution in [0.15, 0.2) is 54.9 Å². The van der Waals surface area contributed by atoms with Crippen molar-refractivity contribution in [2.24, 2.45) is 0 Å². The van der Waals surface area contributed by atoms with Crippen LogP contribution >= 0.6 is 0 Å². The lowest BCUT2D eigenvalue weighted by Crippen LogP contribution is -2.07. The lowest BCUT2D eigenvalue weighted by Gasteiger charge is -2.09. The third-order valence-corrected chi connectivity index (χ3v) is 3.58. The first-order valence-corrected chi connectivity index (χ1v) is 7.75. The molecule has 0 amide bonds. The first-order chi connectivity index (χ1) is 12.5. The first-order valence-electron chi connectivity index (χ1n) is 7.75. The number of hydrogen-bond donors (Lipinski definition) is 1. The minimum Gasteiger partial charge on any atom is -0.434 e. The van der Waals surface area contributed by atoms with Crippen molar-refractivity contribution in [1.29, 1.82) is 0 Å². The van der Waals surface area contributed by atoms with Crippen molar-refractivity contribution in [2.45, 2.75) is 13.5 Å². The number of nitrogens with zero attached hydrogens (tertiary/aromatic N) is 3. The Kier molecular flexibility index (Phi) is 5.02. The molecule has 0 aliphatic heterocycles. The molecule has 1 N–H and O–H groups in total. The van der Waals surface area contributed by atoms with Crippen LogP contribution in [0.25, 0.3) is 0 Å². The molecule has 0 unspecified atom stereocenters. The number of benzene rings is 2. The molecule has 0 saturated carbocycles. The third-order valence-electron chi connectivity index (χ3n) is 3.58. The maximum atomic E-state index is 13.0. The maximum absolute atomic E-state index is 13.0. The molecule has 1 heterocycles. The molecular weight excluding hydrogens is 339 g/mol. The van der Waals surface area contributed by atoms with Gasteiger partial charge in [0, 0.05) is 6.54 Å². The van der Waals surface area contributed by atoms with Gasteiger partial charge in [0.1, 0.15) is 17.9 Å². The summed E-state index contributed by atoms with van der Waals surface area (Å²) in [6, 6.07) is 12.9. The number of anilines is 1. The molecule has 132 valence electrons. The summed E-state index contributed by atoms with van der Waals surface area (Å²) in [5, 5.41) is 14.4. The number of ether oxygens (including phenoxy) is 1. The summed E-state index contributed by atoms with van der Waals surface area (Å²) in [5.74, 6) is -0.0515. The summed E-state index contributed by atoms with van der Waals surface area (Å²) in [4.78, 5) is 18.7.